The number of halogens is 1. The van der Waals surface area contributed by atoms with Gasteiger partial charge in [0.2, 0.25) is 0 Å². The van der Waals surface area contributed by atoms with Gasteiger partial charge >= 0.3 is 0 Å². The van der Waals surface area contributed by atoms with Crippen molar-refractivity contribution in [2.45, 2.75) is 19.9 Å². The first-order valence-corrected chi connectivity index (χ1v) is 6.59. The van der Waals surface area contributed by atoms with E-state index >= 15 is 0 Å². The lowest BCUT2D eigenvalue weighted by atomic mass is 10.3. The van der Waals surface area contributed by atoms with Gasteiger partial charge in [0.1, 0.15) is 5.52 Å². The number of anilines is 1. The van der Waals surface area contributed by atoms with E-state index in [-0.39, 0.29) is 5.82 Å². The third kappa shape index (κ3) is 1.88. The Morgan fingerprint density at radius 1 is 1.37 bits per heavy atom. The molecule has 0 unspecified atom stereocenters. The van der Waals surface area contributed by atoms with Crippen LogP contribution in [0.2, 0.25) is 0 Å². The highest BCUT2D eigenvalue weighted by Gasteiger charge is 2.20. The van der Waals surface area contributed by atoms with Gasteiger partial charge in [-0.25, -0.2) is 9.61 Å². The van der Waals surface area contributed by atoms with Crippen LogP contribution in [0.3, 0.4) is 0 Å². The minimum atomic E-state index is 0.233. The number of nitrogens with zero attached hydrogens (tertiary/aromatic N) is 5. The van der Waals surface area contributed by atoms with E-state index in [2.05, 4.69) is 47.8 Å². The summed E-state index contributed by atoms with van der Waals surface area (Å²) >= 11 is 3.50. The standard InChI is InChI=1S/C11H11BrN6O/c1-2-3-18-9-6(12)4-14-5-7(9)15-11(18)8-10(13)17-19-16-8/h4-5H,2-3H2,1H3,(H2,13,17). The summed E-state index contributed by atoms with van der Waals surface area (Å²) in [6, 6.07) is 0. The molecule has 0 radical (unpaired) electrons. The molecule has 3 heterocycles. The maximum Gasteiger partial charge on any atom is 0.199 e. The van der Waals surface area contributed by atoms with E-state index in [9.17, 15) is 0 Å². The SMILES string of the molecule is CCCn1c(-c2nonc2N)nc2cncc(Br)c21. The molecule has 0 aliphatic carbocycles. The van der Waals surface area contributed by atoms with E-state index in [4.69, 9.17) is 5.73 Å². The Morgan fingerprint density at radius 2 is 2.21 bits per heavy atom. The number of hydrogen-bond acceptors (Lipinski definition) is 6. The van der Waals surface area contributed by atoms with Crippen LogP contribution in [-0.2, 0) is 6.54 Å². The van der Waals surface area contributed by atoms with Gasteiger partial charge in [-0.15, -0.1) is 0 Å². The molecule has 0 fully saturated rings. The molecule has 0 saturated heterocycles. The fraction of sp³-hybridized carbons (Fsp3) is 0.273. The van der Waals surface area contributed by atoms with Crippen LogP contribution >= 0.6 is 15.9 Å². The van der Waals surface area contributed by atoms with Crippen LogP contribution in [0.4, 0.5) is 5.82 Å². The van der Waals surface area contributed by atoms with E-state index in [1.165, 1.54) is 0 Å². The number of rotatable bonds is 3. The highest BCUT2D eigenvalue weighted by Crippen LogP contribution is 2.30. The third-order valence-electron chi connectivity index (χ3n) is 2.78. The molecule has 3 aromatic rings. The number of pyridine rings is 1. The molecular weight excluding hydrogens is 312 g/mol. The second-order valence-corrected chi connectivity index (χ2v) is 4.93. The Balaban J connectivity index is 2.33. The molecule has 8 heteroatoms. The summed E-state index contributed by atoms with van der Waals surface area (Å²) in [5, 5.41) is 7.42. The molecule has 7 nitrogen and oxygen atoms in total. The first-order chi connectivity index (χ1) is 9.22. The van der Waals surface area contributed by atoms with Gasteiger partial charge in [-0.3, -0.25) is 4.98 Å². The van der Waals surface area contributed by atoms with Gasteiger partial charge in [0, 0.05) is 12.7 Å². The van der Waals surface area contributed by atoms with Crippen molar-refractivity contribution in [1.29, 1.82) is 0 Å². The number of nitrogen functional groups attached to an aromatic ring is 1. The average molecular weight is 323 g/mol. The Kier molecular flexibility index (Phi) is 2.94. The molecule has 3 rings (SSSR count). The van der Waals surface area contributed by atoms with Gasteiger partial charge in [-0.2, -0.15) is 0 Å². The number of aromatic nitrogens is 5. The molecule has 3 aromatic heterocycles. The summed E-state index contributed by atoms with van der Waals surface area (Å²) in [5.41, 5.74) is 7.95. The monoisotopic (exact) mass is 322 g/mol. The van der Waals surface area contributed by atoms with Crippen molar-refractivity contribution in [2.24, 2.45) is 0 Å². The zero-order valence-corrected chi connectivity index (χ0v) is 11.8. The predicted molar refractivity (Wildman–Crippen MR) is 73.2 cm³/mol. The van der Waals surface area contributed by atoms with Crippen molar-refractivity contribution in [3.8, 4) is 11.5 Å². The topological polar surface area (TPSA) is 95.7 Å². The largest absolute Gasteiger partial charge is 0.379 e. The fourth-order valence-electron chi connectivity index (χ4n) is 2.02. The van der Waals surface area contributed by atoms with Crippen LogP contribution in [0, 0.1) is 0 Å². The molecule has 0 aromatic carbocycles. The lowest BCUT2D eigenvalue weighted by molar-refractivity contribution is 0.310. The lowest BCUT2D eigenvalue weighted by Crippen LogP contribution is -2.02. The number of fused-ring (bicyclic) bond motifs is 1. The highest BCUT2D eigenvalue weighted by atomic mass is 79.9. The molecule has 0 amide bonds. The summed E-state index contributed by atoms with van der Waals surface area (Å²) < 4.78 is 7.57. The molecule has 0 aliphatic rings. The molecule has 19 heavy (non-hydrogen) atoms. The van der Waals surface area contributed by atoms with Gasteiger partial charge in [-0.1, -0.05) is 6.92 Å². The summed E-state index contributed by atoms with van der Waals surface area (Å²) in [5.74, 6) is 0.876. The number of aryl methyl sites for hydroxylation is 1. The third-order valence-corrected chi connectivity index (χ3v) is 3.36. The second kappa shape index (κ2) is 4.61. The fourth-order valence-corrected chi connectivity index (χ4v) is 2.56. The molecular formula is C11H11BrN6O. The first-order valence-electron chi connectivity index (χ1n) is 5.80. The number of nitrogens with two attached hydrogens (primary N) is 1. The van der Waals surface area contributed by atoms with E-state index in [0.29, 0.717) is 11.5 Å². The molecule has 2 N–H and O–H groups in total. The van der Waals surface area contributed by atoms with Crippen LogP contribution in [0.25, 0.3) is 22.6 Å². The van der Waals surface area contributed by atoms with Crippen LogP contribution in [0.1, 0.15) is 13.3 Å². The molecule has 0 bridgehead atoms. The van der Waals surface area contributed by atoms with Gasteiger partial charge in [-0.05, 0) is 32.7 Å². The first kappa shape index (κ1) is 12.1. The Bertz CT molecular complexity index is 734. The Labute approximate surface area is 116 Å². The van der Waals surface area contributed by atoms with Crippen molar-refractivity contribution in [3.63, 3.8) is 0 Å². The van der Waals surface area contributed by atoms with Crippen molar-refractivity contribution in [3.05, 3.63) is 16.9 Å². The van der Waals surface area contributed by atoms with Gasteiger partial charge < -0.3 is 10.3 Å². The highest BCUT2D eigenvalue weighted by molar-refractivity contribution is 9.10. The number of hydrogen-bond donors (Lipinski definition) is 1. The maximum atomic E-state index is 5.75. The zero-order valence-electron chi connectivity index (χ0n) is 10.2. The second-order valence-electron chi connectivity index (χ2n) is 4.07. The van der Waals surface area contributed by atoms with E-state index in [1.807, 2.05) is 4.57 Å². The van der Waals surface area contributed by atoms with E-state index in [1.54, 1.807) is 12.4 Å². The smallest absolute Gasteiger partial charge is 0.199 e. The van der Waals surface area contributed by atoms with Crippen molar-refractivity contribution in [2.75, 3.05) is 5.73 Å². The Morgan fingerprint density at radius 3 is 2.89 bits per heavy atom. The normalized spacial score (nSPS) is 11.3. The molecule has 0 saturated carbocycles. The van der Waals surface area contributed by atoms with Gasteiger partial charge in [0.15, 0.2) is 17.3 Å². The summed E-state index contributed by atoms with van der Waals surface area (Å²) in [4.78, 5) is 8.64. The Hall–Kier alpha value is -1.96. The number of imidazole rings is 1. The summed E-state index contributed by atoms with van der Waals surface area (Å²) in [7, 11) is 0. The average Bonchev–Trinajstić information content (AvgIpc) is 2.95. The van der Waals surface area contributed by atoms with E-state index < -0.39 is 0 Å². The van der Waals surface area contributed by atoms with Crippen LogP contribution in [0.5, 0.6) is 0 Å². The molecule has 0 aliphatic heterocycles. The van der Waals surface area contributed by atoms with Crippen molar-refractivity contribution < 1.29 is 4.63 Å². The molecule has 0 spiro atoms. The quantitative estimate of drug-likeness (QED) is 0.794. The van der Waals surface area contributed by atoms with E-state index in [0.717, 1.165) is 28.5 Å². The van der Waals surface area contributed by atoms with Crippen LogP contribution in [0.15, 0.2) is 21.5 Å². The van der Waals surface area contributed by atoms with Crippen LogP contribution in [-0.4, -0.2) is 24.8 Å². The zero-order chi connectivity index (χ0) is 13.4. The maximum absolute atomic E-state index is 5.75. The van der Waals surface area contributed by atoms with Gasteiger partial charge in [0.05, 0.1) is 16.2 Å². The molecule has 0 atom stereocenters. The summed E-state index contributed by atoms with van der Waals surface area (Å²) in [6.45, 7) is 2.88. The minimum Gasteiger partial charge on any atom is -0.379 e. The lowest BCUT2D eigenvalue weighted by Gasteiger charge is -2.06. The molecule has 98 valence electrons. The summed E-state index contributed by atoms with van der Waals surface area (Å²) in [6.07, 6.45) is 4.40. The van der Waals surface area contributed by atoms with Gasteiger partial charge in [0.25, 0.3) is 0 Å². The van der Waals surface area contributed by atoms with Crippen molar-refractivity contribution >= 4 is 32.8 Å². The predicted octanol–water partition coefficient (Wildman–Crippen LogP) is 2.24. The minimum absolute atomic E-state index is 0.233. The van der Waals surface area contributed by atoms with Crippen LogP contribution < -0.4 is 5.73 Å². The van der Waals surface area contributed by atoms with Crippen molar-refractivity contribution in [1.82, 2.24) is 24.8 Å².